The van der Waals surface area contributed by atoms with Gasteiger partial charge in [-0.05, 0) is 20.3 Å². The summed E-state index contributed by atoms with van der Waals surface area (Å²) in [6.45, 7) is 7.07. The Balaban J connectivity index is 2.35. The Hall–Kier alpha value is -2.18. The maximum Gasteiger partial charge on any atom is 0.325 e. The average Bonchev–Trinajstić information content (AvgIpc) is 2.85. The number of fused-ring (bicyclic) bond motifs is 1. The Morgan fingerprint density at radius 3 is 2.95 bits per heavy atom. The fourth-order valence-corrected chi connectivity index (χ4v) is 2.04. The third-order valence-electron chi connectivity index (χ3n) is 2.80. The SMILES string of the molecule is CCCN(CC(=O)OCC)c1cc(C)nc2ncnn12. The lowest BCUT2D eigenvalue weighted by Gasteiger charge is -2.23. The molecule has 0 aromatic carbocycles. The van der Waals surface area contributed by atoms with Gasteiger partial charge in [-0.1, -0.05) is 6.92 Å². The van der Waals surface area contributed by atoms with Gasteiger partial charge in [0.05, 0.1) is 6.61 Å². The van der Waals surface area contributed by atoms with Crippen LogP contribution in [0.2, 0.25) is 0 Å². The Morgan fingerprint density at radius 1 is 1.45 bits per heavy atom. The summed E-state index contributed by atoms with van der Waals surface area (Å²) in [6.07, 6.45) is 2.37. The van der Waals surface area contributed by atoms with E-state index in [1.54, 1.807) is 11.4 Å². The van der Waals surface area contributed by atoms with Crippen LogP contribution in [0, 0.1) is 6.92 Å². The lowest BCUT2D eigenvalue weighted by Crippen LogP contribution is -2.33. The molecule has 2 rings (SSSR count). The van der Waals surface area contributed by atoms with Crippen LogP contribution in [-0.4, -0.2) is 45.2 Å². The van der Waals surface area contributed by atoms with Crippen LogP contribution < -0.4 is 4.90 Å². The number of anilines is 1. The summed E-state index contributed by atoms with van der Waals surface area (Å²) < 4.78 is 6.66. The van der Waals surface area contributed by atoms with Gasteiger partial charge in [0, 0.05) is 18.3 Å². The first-order valence-corrected chi connectivity index (χ1v) is 6.73. The van der Waals surface area contributed by atoms with Gasteiger partial charge in [-0.3, -0.25) is 4.79 Å². The first kappa shape index (κ1) is 14.2. The standard InChI is InChI=1S/C13H19N5O2/c1-4-6-17(8-12(19)20-5-2)11-7-10(3)16-13-14-9-15-18(11)13/h7,9H,4-6,8H2,1-3H3. The van der Waals surface area contributed by atoms with E-state index in [9.17, 15) is 4.79 Å². The molecule has 0 bridgehead atoms. The fraction of sp³-hybridized carbons (Fsp3) is 0.538. The molecule has 0 N–H and O–H groups in total. The van der Waals surface area contributed by atoms with Crippen molar-refractivity contribution >= 4 is 17.6 Å². The zero-order valence-corrected chi connectivity index (χ0v) is 12.0. The van der Waals surface area contributed by atoms with Crippen LogP contribution in [0.25, 0.3) is 5.78 Å². The third kappa shape index (κ3) is 3.04. The Kier molecular flexibility index (Phi) is 4.49. The highest BCUT2D eigenvalue weighted by Gasteiger charge is 2.16. The van der Waals surface area contributed by atoms with Gasteiger partial charge in [0.15, 0.2) is 0 Å². The number of carbonyl (C=O) groups excluding carboxylic acids is 1. The van der Waals surface area contributed by atoms with E-state index in [4.69, 9.17) is 4.74 Å². The van der Waals surface area contributed by atoms with E-state index in [-0.39, 0.29) is 12.5 Å². The Labute approximate surface area is 117 Å². The molecule has 0 aliphatic carbocycles. The molecule has 0 fully saturated rings. The number of aryl methyl sites for hydroxylation is 1. The normalized spacial score (nSPS) is 10.8. The van der Waals surface area contributed by atoms with E-state index in [0.29, 0.717) is 12.4 Å². The number of carbonyl (C=O) groups is 1. The lowest BCUT2D eigenvalue weighted by atomic mass is 10.3. The van der Waals surface area contributed by atoms with Gasteiger partial charge in [0.2, 0.25) is 0 Å². The number of nitrogens with zero attached hydrogens (tertiary/aromatic N) is 5. The minimum atomic E-state index is -0.247. The second kappa shape index (κ2) is 6.31. The van der Waals surface area contributed by atoms with Crippen molar-refractivity contribution in [2.24, 2.45) is 0 Å². The van der Waals surface area contributed by atoms with Crippen LogP contribution in [0.4, 0.5) is 5.82 Å². The van der Waals surface area contributed by atoms with Crippen molar-refractivity contribution < 1.29 is 9.53 Å². The minimum Gasteiger partial charge on any atom is -0.465 e. The predicted octanol–water partition coefficient (Wildman–Crippen LogP) is 1.21. The first-order valence-electron chi connectivity index (χ1n) is 6.73. The van der Waals surface area contributed by atoms with Crippen LogP contribution in [0.15, 0.2) is 12.4 Å². The van der Waals surface area contributed by atoms with Crippen molar-refractivity contribution in [2.45, 2.75) is 27.2 Å². The largest absolute Gasteiger partial charge is 0.465 e. The van der Waals surface area contributed by atoms with Gasteiger partial charge in [0.25, 0.3) is 5.78 Å². The van der Waals surface area contributed by atoms with Crippen LogP contribution in [0.3, 0.4) is 0 Å². The first-order chi connectivity index (χ1) is 9.65. The van der Waals surface area contributed by atoms with Crippen molar-refractivity contribution in [3.8, 4) is 0 Å². The molecule has 0 aliphatic heterocycles. The quantitative estimate of drug-likeness (QED) is 0.739. The van der Waals surface area contributed by atoms with Crippen molar-refractivity contribution in [1.29, 1.82) is 0 Å². The molecule has 0 unspecified atom stereocenters. The molecule has 0 radical (unpaired) electrons. The molecule has 7 nitrogen and oxygen atoms in total. The van der Waals surface area contributed by atoms with E-state index >= 15 is 0 Å². The number of hydrogen-bond acceptors (Lipinski definition) is 6. The van der Waals surface area contributed by atoms with Crippen LogP contribution in [0.1, 0.15) is 26.0 Å². The number of aromatic nitrogens is 4. The van der Waals surface area contributed by atoms with Gasteiger partial charge in [-0.25, -0.2) is 4.98 Å². The van der Waals surface area contributed by atoms with Gasteiger partial charge >= 0.3 is 5.97 Å². The fourth-order valence-electron chi connectivity index (χ4n) is 2.04. The van der Waals surface area contributed by atoms with E-state index in [1.807, 2.05) is 17.9 Å². The summed E-state index contributed by atoms with van der Waals surface area (Å²) >= 11 is 0. The molecule has 0 aliphatic rings. The molecule has 0 saturated carbocycles. The number of rotatable bonds is 6. The van der Waals surface area contributed by atoms with E-state index in [1.165, 1.54) is 6.33 Å². The molecule has 0 atom stereocenters. The zero-order valence-electron chi connectivity index (χ0n) is 12.0. The summed E-state index contributed by atoms with van der Waals surface area (Å²) in [6, 6.07) is 1.90. The van der Waals surface area contributed by atoms with Crippen molar-refractivity contribution in [3.05, 3.63) is 18.1 Å². The molecule has 0 saturated heterocycles. The van der Waals surface area contributed by atoms with Crippen LogP contribution >= 0.6 is 0 Å². The molecule has 7 heteroatoms. The summed E-state index contributed by atoms with van der Waals surface area (Å²) in [5, 5.41) is 4.17. The van der Waals surface area contributed by atoms with Crippen molar-refractivity contribution in [3.63, 3.8) is 0 Å². The zero-order chi connectivity index (χ0) is 14.5. The molecular weight excluding hydrogens is 258 g/mol. The van der Waals surface area contributed by atoms with Crippen molar-refractivity contribution in [2.75, 3.05) is 24.6 Å². The second-order valence-corrected chi connectivity index (χ2v) is 4.45. The summed E-state index contributed by atoms with van der Waals surface area (Å²) in [7, 11) is 0. The second-order valence-electron chi connectivity index (χ2n) is 4.45. The summed E-state index contributed by atoms with van der Waals surface area (Å²) in [4.78, 5) is 22.1. The highest BCUT2D eigenvalue weighted by molar-refractivity contribution is 5.75. The van der Waals surface area contributed by atoms with Crippen LogP contribution in [0.5, 0.6) is 0 Å². The molecule has 108 valence electrons. The molecule has 0 spiro atoms. The molecule has 2 aromatic rings. The smallest absolute Gasteiger partial charge is 0.325 e. The monoisotopic (exact) mass is 277 g/mol. The van der Waals surface area contributed by atoms with Crippen LogP contribution in [-0.2, 0) is 9.53 Å². The van der Waals surface area contributed by atoms with E-state index in [0.717, 1.165) is 24.5 Å². The summed E-state index contributed by atoms with van der Waals surface area (Å²) in [5.41, 5.74) is 0.838. The molecular formula is C13H19N5O2. The lowest BCUT2D eigenvalue weighted by molar-refractivity contribution is -0.141. The average molecular weight is 277 g/mol. The predicted molar refractivity (Wildman–Crippen MR) is 74.7 cm³/mol. The number of hydrogen-bond donors (Lipinski definition) is 0. The highest BCUT2D eigenvalue weighted by Crippen LogP contribution is 2.16. The molecule has 2 heterocycles. The van der Waals surface area contributed by atoms with E-state index < -0.39 is 0 Å². The maximum atomic E-state index is 11.7. The number of ether oxygens (including phenoxy) is 1. The third-order valence-corrected chi connectivity index (χ3v) is 2.80. The topological polar surface area (TPSA) is 72.6 Å². The highest BCUT2D eigenvalue weighted by atomic mass is 16.5. The number of esters is 1. The summed E-state index contributed by atoms with van der Waals surface area (Å²) in [5.74, 6) is 1.09. The maximum absolute atomic E-state index is 11.7. The van der Waals surface area contributed by atoms with Gasteiger partial charge < -0.3 is 9.64 Å². The van der Waals surface area contributed by atoms with Crippen molar-refractivity contribution in [1.82, 2.24) is 19.6 Å². The minimum absolute atomic E-state index is 0.195. The van der Waals surface area contributed by atoms with Gasteiger partial charge in [0.1, 0.15) is 18.7 Å². The van der Waals surface area contributed by atoms with Gasteiger partial charge in [-0.15, -0.1) is 0 Å². The van der Waals surface area contributed by atoms with Gasteiger partial charge in [-0.2, -0.15) is 14.6 Å². The Morgan fingerprint density at radius 2 is 2.25 bits per heavy atom. The molecule has 2 aromatic heterocycles. The molecule has 20 heavy (non-hydrogen) atoms. The molecule has 0 amide bonds. The van der Waals surface area contributed by atoms with E-state index in [2.05, 4.69) is 22.0 Å². The Bertz CT molecular complexity index is 595.